The summed E-state index contributed by atoms with van der Waals surface area (Å²) in [6, 6.07) is 6.30. The molecule has 1 unspecified atom stereocenters. The van der Waals surface area contributed by atoms with E-state index in [0.29, 0.717) is 30.9 Å². The fraction of sp³-hybridized carbons (Fsp3) is 0.474. The van der Waals surface area contributed by atoms with E-state index < -0.39 is 0 Å². The number of anilines is 1. The van der Waals surface area contributed by atoms with Gasteiger partial charge in [0.2, 0.25) is 0 Å². The van der Waals surface area contributed by atoms with E-state index in [4.69, 9.17) is 21.7 Å². The zero-order valence-electron chi connectivity index (χ0n) is 15.9. The molecule has 1 heterocycles. The van der Waals surface area contributed by atoms with Gasteiger partial charge in [-0.2, -0.15) is 5.10 Å². The van der Waals surface area contributed by atoms with Gasteiger partial charge in [-0.05, 0) is 57.1 Å². The lowest BCUT2D eigenvalue weighted by Gasteiger charge is -2.14. The number of benzene rings is 1. The molecule has 1 aromatic heterocycles. The largest absolute Gasteiger partial charge is 0.490 e. The van der Waals surface area contributed by atoms with Crippen LogP contribution in [0.4, 0.5) is 5.69 Å². The first-order valence-electron chi connectivity index (χ1n) is 9.04. The minimum Gasteiger partial charge on any atom is -0.490 e. The Labute approximate surface area is 160 Å². The van der Waals surface area contributed by atoms with Crippen LogP contribution < -0.4 is 20.1 Å². The van der Waals surface area contributed by atoms with Crippen LogP contribution >= 0.6 is 12.2 Å². The molecule has 0 aliphatic carbocycles. The zero-order valence-corrected chi connectivity index (χ0v) is 16.7. The summed E-state index contributed by atoms with van der Waals surface area (Å²) < 4.78 is 13.1. The summed E-state index contributed by atoms with van der Waals surface area (Å²) in [5.41, 5.74) is 1.95. The molecule has 142 valence electrons. The van der Waals surface area contributed by atoms with Crippen molar-refractivity contribution in [2.24, 2.45) is 0 Å². The Hall–Kier alpha value is -2.28. The summed E-state index contributed by atoms with van der Waals surface area (Å²) in [6.07, 6.45) is 4.71. The molecule has 0 fully saturated rings. The van der Waals surface area contributed by atoms with E-state index in [0.717, 1.165) is 29.2 Å². The van der Waals surface area contributed by atoms with Crippen molar-refractivity contribution < 1.29 is 9.47 Å². The van der Waals surface area contributed by atoms with Crippen LogP contribution in [0.15, 0.2) is 30.6 Å². The van der Waals surface area contributed by atoms with Crippen molar-refractivity contribution in [3.63, 3.8) is 0 Å². The van der Waals surface area contributed by atoms with E-state index >= 15 is 0 Å². The fourth-order valence-corrected chi connectivity index (χ4v) is 2.71. The lowest BCUT2D eigenvalue weighted by Crippen LogP contribution is -2.35. The standard InChI is InChI=1S/C19H28N4O2S/c1-5-14(4)21-19(26)22-16-11-20-23(13-16)12-15-8-9-17(24-6-2)18(10-15)25-7-3/h8-11,13-14H,5-7,12H2,1-4H3,(H2,21,22,26). The van der Waals surface area contributed by atoms with Crippen LogP contribution in [0.1, 0.15) is 39.7 Å². The van der Waals surface area contributed by atoms with Crippen LogP contribution in [-0.2, 0) is 6.54 Å². The van der Waals surface area contributed by atoms with Gasteiger partial charge in [0, 0.05) is 12.2 Å². The Bertz CT molecular complexity index is 717. The first-order valence-corrected chi connectivity index (χ1v) is 9.45. The number of rotatable bonds is 9. The van der Waals surface area contributed by atoms with Crippen molar-refractivity contribution >= 4 is 23.0 Å². The van der Waals surface area contributed by atoms with E-state index in [1.165, 1.54) is 0 Å². The van der Waals surface area contributed by atoms with Gasteiger partial charge in [0.15, 0.2) is 16.6 Å². The van der Waals surface area contributed by atoms with Crippen LogP contribution in [0.5, 0.6) is 11.5 Å². The second kappa shape index (κ2) is 10.0. The van der Waals surface area contributed by atoms with Crippen LogP contribution in [0, 0.1) is 0 Å². The molecule has 26 heavy (non-hydrogen) atoms. The normalized spacial score (nSPS) is 11.7. The molecule has 0 amide bonds. The van der Waals surface area contributed by atoms with E-state index in [1.807, 2.05) is 42.9 Å². The minimum atomic E-state index is 0.339. The molecule has 1 atom stereocenters. The summed E-state index contributed by atoms with van der Waals surface area (Å²) in [5, 5.41) is 11.4. The van der Waals surface area contributed by atoms with Crippen molar-refractivity contribution in [3.05, 3.63) is 36.2 Å². The maximum atomic E-state index is 5.68. The average Bonchev–Trinajstić information content (AvgIpc) is 3.04. The van der Waals surface area contributed by atoms with E-state index in [1.54, 1.807) is 6.20 Å². The molecule has 2 aromatic rings. The highest BCUT2D eigenvalue weighted by atomic mass is 32.1. The summed E-state index contributed by atoms with van der Waals surface area (Å²) in [4.78, 5) is 0. The van der Waals surface area contributed by atoms with Gasteiger partial charge >= 0.3 is 0 Å². The highest BCUT2D eigenvalue weighted by molar-refractivity contribution is 7.80. The number of thiocarbonyl (C=S) groups is 1. The molecule has 6 nitrogen and oxygen atoms in total. The minimum absolute atomic E-state index is 0.339. The Morgan fingerprint density at radius 1 is 1.19 bits per heavy atom. The van der Waals surface area contributed by atoms with Crippen molar-refractivity contribution in [2.45, 2.75) is 46.7 Å². The maximum absolute atomic E-state index is 5.68. The lowest BCUT2D eigenvalue weighted by atomic mass is 10.2. The summed E-state index contributed by atoms with van der Waals surface area (Å²) in [6.45, 7) is 9.98. The number of nitrogens with zero attached hydrogens (tertiary/aromatic N) is 2. The Morgan fingerprint density at radius 2 is 1.92 bits per heavy atom. The highest BCUT2D eigenvalue weighted by Gasteiger charge is 2.08. The van der Waals surface area contributed by atoms with Crippen molar-refractivity contribution in [1.29, 1.82) is 0 Å². The van der Waals surface area contributed by atoms with Crippen LogP contribution in [0.2, 0.25) is 0 Å². The molecule has 1 aromatic carbocycles. The summed E-state index contributed by atoms with van der Waals surface area (Å²) in [5.74, 6) is 1.53. The smallest absolute Gasteiger partial charge is 0.171 e. The molecule has 0 spiro atoms. The van der Waals surface area contributed by atoms with Gasteiger partial charge in [0.05, 0.1) is 31.6 Å². The van der Waals surface area contributed by atoms with E-state index in [2.05, 4.69) is 29.6 Å². The van der Waals surface area contributed by atoms with Gasteiger partial charge in [-0.1, -0.05) is 13.0 Å². The number of aromatic nitrogens is 2. The molecular formula is C19H28N4O2S. The van der Waals surface area contributed by atoms with Gasteiger partial charge in [0.1, 0.15) is 0 Å². The van der Waals surface area contributed by atoms with Crippen LogP contribution in [0.3, 0.4) is 0 Å². The molecule has 0 bridgehead atoms. The molecule has 0 radical (unpaired) electrons. The summed E-state index contributed by atoms with van der Waals surface area (Å²) in [7, 11) is 0. The first kappa shape index (κ1) is 20.0. The van der Waals surface area contributed by atoms with Gasteiger partial charge in [-0.25, -0.2) is 0 Å². The third-order valence-corrected chi connectivity index (χ3v) is 4.05. The predicted octanol–water partition coefficient (Wildman–Crippen LogP) is 3.81. The van der Waals surface area contributed by atoms with E-state index in [9.17, 15) is 0 Å². The third kappa shape index (κ3) is 5.91. The van der Waals surface area contributed by atoms with Gasteiger partial charge < -0.3 is 20.1 Å². The van der Waals surface area contributed by atoms with Crippen molar-refractivity contribution in [2.75, 3.05) is 18.5 Å². The monoisotopic (exact) mass is 376 g/mol. The number of ether oxygens (including phenoxy) is 2. The second-order valence-electron chi connectivity index (χ2n) is 5.98. The van der Waals surface area contributed by atoms with Gasteiger partial charge in [-0.3, -0.25) is 4.68 Å². The summed E-state index contributed by atoms with van der Waals surface area (Å²) >= 11 is 5.31. The SMILES string of the molecule is CCOc1ccc(Cn2cc(NC(=S)NC(C)CC)cn2)cc1OCC. The van der Waals surface area contributed by atoms with Gasteiger partial charge in [0.25, 0.3) is 0 Å². The Balaban J connectivity index is 2.02. The molecule has 0 saturated heterocycles. The van der Waals surface area contributed by atoms with Crippen LogP contribution in [-0.4, -0.2) is 34.1 Å². The second-order valence-corrected chi connectivity index (χ2v) is 6.39. The Kier molecular flexibility index (Phi) is 7.72. The zero-order chi connectivity index (χ0) is 18.9. The molecule has 7 heteroatoms. The first-order chi connectivity index (χ1) is 12.5. The highest BCUT2D eigenvalue weighted by Crippen LogP contribution is 2.28. The third-order valence-electron chi connectivity index (χ3n) is 3.83. The van der Waals surface area contributed by atoms with Gasteiger partial charge in [-0.15, -0.1) is 0 Å². The van der Waals surface area contributed by atoms with Crippen LogP contribution in [0.25, 0.3) is 0 Å². The quantitative estimate of drug-likeness (QED) is 0.649. The fourth-order valence-electron chi connectivity index (χ4n) is 2.39. The Morgan fingerprint density at radius 3 is 2.62 bits per heavy atom. The maximum Gasteiger partial charge on any atom is 0.171 e. The molecular weight excluding hydrogens is 348 g/mol. The predicted molar refractivity (Wildman–Crippen MR) is 109 cm³/mol. The lowest BCUT2D eigenvalue weighted by molar-refractivity contribution is 0.287. The topological polar surface area (TPSA) is 60.3 Å². The number of hydrogen-bond donors (Lipinski definition) is 2. The number of nitrogens with one attached hydrogen (secondary N) is 2. The molecule has 0 aliphatic heterocycles. The number of hydrogen-bond acceptors (Lipinski definition) is 4. The molecule has 0 saturated carbocycles. The van der Waals surface area contributed by atoms with Crippen molar-refractivity contribution in [3.8, 4) is 11.5 Å². The molecule has 2 rings (SSSR count). The van der Waals surface area contributed by atoms with E-state index in [-0.39, 0.29) is 0 Å². The molecule has 2 N–H and O–H groups in total. The average molecular weight is 377 g/mol. The van der Waals surface area contributed by atoms with Crippen molar-refractivity contribution in [1.82, 2.24) is 15.1 Å². The molecule has 0 aliphatic rings.